The minimum absolute atomic E-state index is 0.539. The zero-order chi connectivity index (χ0) is 43.3. The zero-order valence-electron chi connectivity index (χ0n) is 36.7. The zero-order valence-corrected chi connectivity index (χ0v) is 36.7. The average molecular weight is 835 g/mol. The first-order valence-corrected chi connectivity index (χ1v) is 23.3. The number of hydrogen-bond donors (Lipinski definition) is 0. The molecule has 0 radical (unpaired) electrons. The van der Waals surface area contributed by atoms with Gasteiger partial charge in [-0.25, -0.2) is 0 Å². The van der Waals surface area contributed by atoms with E-state index in [1.807, 2.05) is 0 Å². The minimum Gasteiger partial charge on any atom is -0.338 e. The second-order valence-electron chi connectivity index (χ2n) is 18.0. The summed E-state index contributed by atoms with van der Waals surface area (Å²) in [6, 6.07) is 83.5. The topological polar surface area (TPSA) is 6.48 Å². The number of hydrogen-bond acceptors (Lipinski definition) is 2. The van der Waals surface area contributed by atoms with Crippen LogP contribution in [0.25, 0.3) is 66.1 Å². The summed E-state index contributed by atoms with van der Waals surface area (Å²) in [5.74, 6) is 0.626. The van der Waals surface area contributed by atoms with Gasteiger partial charge in [0.05, 0.1) is 0 Å². The quantitative estimate of drug-likeness (QED) is 0.141. The monoisotopic (exact) mass is 834 g/mol. The lowest BCUT2D eigenvalue weighted by molar-refractivity contribution is 0.402. The molecule has 1 fully saturated rings. The molecule has 0 saturated heterocycles. The number of rotatable bonds is 8. The molecule has 2 nitrogen and oxygen atoms in total. The van der Waals surface area contributed by atoms with E-state index in [0.717, 1.165) is 17.1 Å². The Hall–Kier alpha value is -7.68. The van der Waals surface area contributed by atoms with Crippen LogP contribution >= 0.6 is 0 Å². The number of nitrogens with zero attached hydrogens (tertiary/aromatic N) is 2. The molecule has 2 heteroatoms. The van der Waals surface area contributed by atoms with E-state index in [2.05, 4.69) is 241 Å². The fourth-order valence-corrected chi connectivity index (χ4v) is 11.1. The Balaban J connectivity index is 0.867. The molecule has 1 heterocycles. The van der Waals surface area contributed by atoms with Gasteiger partial charge in [0.2, 0.25) is 0 Å². The summed E-state index contributed by atoms with van der Waals surface area (Å²) in [5, 5.41) is 5.08. The molecule has 0 N–H and O–H groups in total. The Morgan fingerprint density at radius 1 is 0.385 bits per heavy atom. The number of aryl methyl sites for hydroxylation is 1. The van der Waals surface area contributed by atoms with Gasteiger partial charge in [-0.05, 0) is 146 Å². The van der Waals surface area contributed by atoms with Gasteiger partial charge in [-0.15, -0.1) is 0 Å². The van der Waals surface area contributed by atoms with Gasteiger partial charge in [-0.1, -0.05) is 188 Å². The molecule has 12 rings (SSSR count). The average Bonchev–Trinajstić information content (AvgIpc) is 3.71. The molecule has 2 unspecified atom stereocenters. The van der Waals surface area contributed by atoms with Crippen molar-refractivity contribution in [2.75, 3.05) is 9.80 Å². The maximum atomic E-state index is 2.63. The van der Waals surface area contributed by atoms with Crippen LogP contribution in [0.2, 0.25) is 0 Å². The lowest BCUT2D eigenvalue weighted by Crippen LogP contribution is -2.32. The Kier molecular flexibility index (Phi) is 9.87. The third-order valence-electron chi connectivity index (χ3n) is 14.1. The molecule has 10 aromatic carbocycles. The summed E-state index contributed by atoms with van der Waals surface area (Å²) in [6.45, 7) is 2.20. The van der Waals surface area contributed by atoms with Crippen LogP contribution in [0.5, 0.6) is 0 Å². The third-order valence-corrected chi connectivity index (χ3v) is 14.1. The van der Waals surface area contributed by atoms with Crippen molar-refractivity contribution in [3.8, 4) is 44.5 Å². The van der Waals surface area contributed by atoms with Crippen molar-refractivity contribution in [3.05, 3.63) is 236 Å². The van der Waals surface area contributed by atoms with E-state index in [0.29, 0.717) is 12.0 Å². The summed E-state index contributed by atoms with van der Waals surface area (Å²) in [4.78, 5) is 5.00. The minimum atomic E-state index is 0.539. The van der Waals surface area contributed by atoms with Gasteiger partial charge in [0.25, 0.3) is 0 Å². The maximum Gasteiger partial charge on any atom is 0.0463 e. The summed E-state index contributed by atoms with van der Waals surface area (Å²) in [7, 11) is 0. The molecule has 0 bridgehead atoms. The van der Waals surface area contributed by atoms with Gasteiger partial charge < -0.3 is 9.80 Å². The number of benzene rings is 10. The Bertz CT molecular complexity index is 3300. The summed E-state index contributed by atoms with van der Waals surface area (Å²) < 4.78 is 0. The Morgan fingerprint density at radius 3 is 1.49 bits per heavy atom. The molecule has 65 heavy (non-hydrogen) atoms. The van der Waals surface area contributed by atoms with E-state index in [4.69, 9.17) is 0 Å². The highest BCUT2D eigenvalue weighted by molar-refractivity contribution is 6.21. The lowest BCUT2D eigenvalue weighted by Gasteiger charge is -2.34. The smallest absolute Gasteiger partial charge is 0.0463 e. The third kappa shape index (κ3) is 6.98. The number of para-hydroxylation sites is 2. The van der Waals surface area contributed by atoms with E-state index in [1.165, 1.54) is 114 Å². The molecule has 1 aliphatic heterocycles. The van der Waals surface area contributed by atoms with Crippen LogP contribution in [-0.2, 0) is 0 Å². The predicted octanol–water partition coefficient (Wildman–Crippen LogP) is 17.6. The summed E-state index contributed by atoms with van der Waals surface area (Å²) in [5.41, 5.74) is 18.7. The van der Waals surface area contributed by atoms with Crippen LogP contribution in [0.3, 0.4) is 0 Å². The van der Waals surface area contributed by atoms with Gasteiger partial charge in [-0.3, -0.25) is 0 Å². The second kappa shape index (κ2) is 16.5. The molecule has 312 valence electrons. The van der Waals surface area contributed by atoms with Crippen LogP contribution < -0.4 is 9.80 Å². The van der Waals surface area contributed by atoms with E-state index < -0.39 is 0 Å². The Morgan fingerprint density at radius 2 is 0.846 bits per heavy atom. The maximum absolute atomic E-state index is 2.63. The highest BCUT2D eigenvalue weighted by Crippen LogP contribution is 2.51. The van der Waals surface area contributed by atoms with E-state index >= 15 is 0 Å². The molecule has 2 atom stereocenters. The van der Waals surface area contributed by atoms with Crippen molar-refractivity contribution in [3.63, 3.8) is 0 Å². The predicted molar refractivity (Wildman–Crippen MR) is 276 cm³/mol. The van der Waals surface area contributed by atoms with Crippen molar-refractivity contribution in [1.82, 2.24) is 0 Å². The standard InChI is InChI=1S/C63H50N2/c1-43-24-41-58-59(42-43)63(49-31-25-45(26-32-49)44-14-4-2-5-15-44)57-21-9-8-20-56(57)62(58)48-29-27-46(28-30-48)47-33-35-51(36-34-47)64(50-16-6-3-7-17-50)52-37-39-53(40-38-52)65-60-22-12-10-18-54(60)55-19-11-13-23-61(55)65/h2-10,12,14-18,20-22,24-42,55,61H,11,13,19,23H2,1H3. The number of anilines is 5. The van der Waals surface area contributed by atoms with Gasteiger partial charge in [0.1, 0.15) is 0 Å². The Labute approximate surface area is 382 Å². The molecule has 0 aromatic heterocycles. The van der Waals surface area contributed by atoms with Crippen LogP contribution in [0.4, 0.5) is 28.4 Å². The van der Waals surface area contributed by atoms with Gasteiger partial charge in [0, 0.05) is 40.4 Å². The fourth-order valence-electron chi connectivity index (χ4n) is 11.1. The SMILES string of the molecule is Cc1ccc2c(-c3ccc(-c4ccc(N(c5ccccc5)c5ccc(N6c7ccccc7C7CCCCC76)cc5)cc4)cc3)c3ccccc3c(-c3ccc(-c4ccccc4)cc3)c2c1. The summed E-state index contributed by atoms with van der Waals surface area (Å²) >= 11 is 0. The van der Waals surface area contributed by atoms with Crippen molar-refractivity contribution in [2.24, 2.45) is 0 Å². The first kappa shape index (κ1) is 39.0. The summed E-state index contributed by atoms with van der Waals surface area (Å²) in [6.07, 6.45) is 5.17. The van der Waals surface area contributed by atoms with Gasteiger partial charge in [0.15, 0.2) is 0 Å². The van der Waals surface area contributed by atoms with Crippen molar-refractivity contribution in [2.45, 2.75) is 44.6 Å². The second-order valence-corrected chi connectivity index (χ2v) is 18.0. The largest absolute Gasteiger partial charge is 0.338 e. The molecular formula is C63H50N2. The lowest BCUT2D eigenvalue weighted by atomic mass is 9.82. The van der Waals surface area contributed by atoms with Crippen LogP contribution in [0, 0.1) is 6.92 Å². The fraction of sp³-hybridized carbons (Fsp3) is 0.111. The first-order valence-electron chi connectivity index (χ1n) is 23.3. The molecule has 1 aliphatic carbocycles. The normalized spacial score (nSPS) is 15.5. The van der Waals surface area contributed by atoms with E-state index in [1.54, 1.807) is 0 Å². The van der Waals surface area contributed by atoms with Crippen molar-refractivity contribution in [1.29, 1.82) is 0 Å². The molecule has 0 amide bonds. The van der Waals surface area contributed by atoms with Gasteiger partial charge in [-0.2, -0.15) is 0 Å². The van der Waals surface area contributed by atoms with Crippen LogP contribution in [-0.4, -0.2) is 6.04 Å². The first-order chi connectivity index (χ1) is 32.2. The van der Waals surface area contributed by atoms with Crippen molar-refractivity contribution < 1.29 is 0 Å². The van der Waals surface area contributed by atoms with Gasteiger partial charge >= 0.3 is 0 Å². The molecular weight excluding hydrogens is 785 g/mol. The van der Waals surface area contributed by atoms with Crippen molar-refractivity contribution >= 4 is 50.0 Å². The van der Waals surface area contributed by atoms with E-state index in [9.17, 15) is 0 Å². The number of fused-ring (bicyclic) bond motifs is 5. The molecule has 0 spiro atoms. The molecule has 10 aromatic rings. The van der Waals surface area contributed by atoms with Crippen LogP contribution in [0.1, 0.15) is 42.7 Å². The molecule has 2 aliphatic rings. The van der Waals surface area contributed by atoms with E-state index in [-0.39, 0.29) is 0 Å². The molecule has 1 saturated carbocycles. The van der Waals surface area contributed by atoms with Crippen LogP contribution in [0.15, 0.2) is 224 Å². The highest BCUT2D eigenvalue weighted by Gasteiger charge is 2.40. The highest BCUT2D eigenvalue weighted by atomic mass is 15.2.